The van der Waals surface area contributed by atoms with Crippen molar-refractivity contribution in [2.24, 2.45) is 0 Å². The Labute approximate surface area is 165 Å². The van der Waals surface area contributed by atoms with E-state index in [1.165, 1.54) is 11.8 Å². The normalized spacial score (nSPS) is 11.0. The van der Waals surface area contributed by atoms with Gasteiger partial charge in [0.15, 0.2) is 5.16 Å². The Kier molecular flexibility index (Phi) is 6.58. The summed E-state index contributed by atoms with van der Waals surface area (Å²) in [6.45, 7) is 2.62. The molecule has 0 radical (unpaired) electrons. The number of aromatic nitrogens is 2. The van der Waals surface area contributed by atoms with Crippen molar-refractivity contribution in [3.05, 3.63) is 57.7 Å². The van der Waals surface area contributed by atoms with Gasteiger partial charge in [0.25, 0.3) is 5.56 Å². The number of halogens is 1. The largest absolute Gasteiger partial charge is 0.467 e. The number of esters is 1. The number of furan rings is 1. The summed E-state index contributed by atoms with van der Waals surface area (Å²) in [5.74, 6) is 0.851. The van der Waals surface area contributed by atoms with E-state index in [-0.39, 0.29) is 24.5 Å². The molecule has 0 atom stereocenters. The maximum atomic E-state index is 13.0. The predicted octanol–water partition coefficient (Wildman–Crippen LogP) is 4.13. The smallest absolute Gasteiger partial charge is 0.306 e. The molecule has 0 saturated heterocycles. The number of rotatable bonds is 8. The van der Waals surface area contributed by atoms with Gasteiger partial charge >= 0.3 is 5.97 Å². The summed E-state index contributed by atoms with van der Waals surface area (Å²) in [4.78, 5) is 29.2. The molecule has 0 N–H and O–H groups in total. The van der Waals surface area contributed by atoms with Crippen LogP contribution in [-0.4, -0.2) is 27.9 Å². The lowest BCUT2D eigenvalue weighted by atomic mass is 10.2. The Morgan fingerprint density at radius 3 is 2.96 bits per heavy atom. The summed E-state index contributed by atoms with van der Waals surface area (Å²) in [6.07, 6.45) is 2.59. The quantitative estimate of drug-likeness (QED) is 0.318. The fourth-order valence-electron chi connectivity index (χ4n) is 2.50. The third kappa shape index (κ3) is 4.93. The molecule has 3 aromatic rings. The Morgan fingerprint density at radius 2 is 2.22 bits per heavy atom. The molecule has 0 spiro atoms. The number of fused-ring (bicyclic) bond motifs is 1. The molecular formula is C19H19ClN2O4S. The molecule has 1 aromatic carbocycles. The lowest BCUT2D eigenvalue weighted by Crippen LogP contribution is -2.24. The van der Waals surface area contributed by atoms with E-state index in [0.29, 0.717) is 39.2 Å². The number of thioether (sulfide) groups is 1. The van der Waals surface area contributed by atoms with Crippen LogP contribution in [0.4, 0.5) is 0 Å². The van der Waals surface area contributed by atoms with E-state index in [1.807, 2.05) is 6.92 Å². The zero-order valence-corrected chi connectivity index (χ0v) is 16.4. The summed E-state index contributed by atoms with van der Waals surface area (Å²) >= 11 is 7.37. The lowest BCUT2D eigenvalue weighted by Gasteiger charge is -2.12. The molecule has 142 valence electrons. The second kappa shape index (κ2) is 9.10. The highest BCUT2D eigenvalue weighted by Gasteiger charge is 2.14. The van der Waals surface area contributed by atoms with Crippen LogP contribution in [0.15, 0.2) is 51.0 Å². The van der Waals surface area contributed by atoms with E-state index in [9.17, 15) is 9.59 Å². The van der Waals surface area contributed by atoms with Crippen molar-refractivity contribution in [3.63, 3.8) is 0 Å². The predicted molar refractivity (Wildman–Crippen MR) is 105 cm³/mol. The highest BCUT2D eigenvalue weighted by atomic mass is 35.5. The molecule has 0 fully saturated rings. The van der Waals surface area contributed by atoms with Gasteiger partial charge in [-0.15, -0.1) is 0 Å². The van der Waals surface area contributed by atoms with Gasteiger partial charge in [0.05, 0.1) is 36.7 Å². The zero-order chi connectivity index (χ0) is 19.2. The van der Waals surface area contributed by atoms with Crippen LogP contribution in [0, 0.1) is 0 Å². The van der Waals surface area contributed by atoms with Gasteiger partial charge in [-0.1, -0.05) is 30.3 Å². The number of nitrogens with zero attached hydrogens (tertiary/aromatic N) is 2. The Hall–Kier alpha value is -2.25. The van der Waals surface area contributed by atoms with Crippen molar-refractivity contribution in [3.8, 4) is 0 Å². The van der Waals surface area contributed by atoms with Gasteiger partial charge in [0.2, 0.25) is 0 Å². The van der Waals surface area contributed by atoms with Crippen LogP contribution >= 0.6 is 23.4 Å². The molecule has 2 aromatic heterocycles. The van der Waals surface area contributed by atoms with E-state index in [2.05, 4.69) is 4.98 Å². The second-order valence-corrected chi connectivity index (χ2v) is 7.34. The van der Waals surface area contributed by atoms with Crippen molar-refractivity contribution in [2.75, 3.05) is 12.4 Å². The van der Waals surface area contributed by atoms with E-state index in [1.54, 1.807) is 41.2 Å². The number of benzene rings is 1. The number of ether oxygens (including phenoxy) is 1. The van der Waals surface area contributed by atoms with Gasteiger partial charge < -0.3 is 9.15 Å². The van der Waals surface area contributed by atoms with Gasteiger partial charge in [-0.3, -0.25) is 14.2 Å². The highest BCUT2D eigenvalue weighted by Crippen LogP contribution is 2.22. The third-order valence-corrected chi connectivity index (χ3v) is 4.99. The summed E-state index contributed by atoms with van der Waals surface area (Å²) in [5, 5.41) is 1.50. The topological polar surface area (TPSA) is 74.3 Å². The number of carbonyl (C=O) groups excluding carboxylic acids is 1. The minimum Gasteiger partial charge on any atom is -0.467 e. The lowest BCUT2D eigenvalue weighted by molar-refractivity contribution is -0.143. The molecular weight excluding hydrogens is 388 g/mol. The van der Waals surface area contributed by atoms with Crippen molar-refractivity contribution in [1.29, 1.82) is 0 Å². The minimum absolute atomic E-state index is 0.177. The van der Waals surface area contributed by atoms with E-state index in [4.69, 9.17) is 20.8 Å². The van der Waals surface area contributed by atoms with Crippen molar-refractivity contribution >= 4 is 40.2 Å². The third-order valence-electron chi connectivity index (χ3n) is 3.78. The van der Waals surface area contributed by atoms with Crippen LogP contribution < -0.4 is 5.56 Å². The van der Waals surface area contributed by atoms with Crippen LogP contribution in [0.2, 0.25) is 5.02 Å². The molecule has 0 saturated carbocycles. The van der Waals surface area contributed by atoms with E-state index >= 15 is 0 Å². The first-order chi connectivity index (χ1) is 13.1. The number of hydrogen-bond acceptors (Lipinski definition) is 6. The first kappa shape index (κ1) is 19.5. The van der Waals surface area contributed by atoms with E-state index in [0.717, 1.165) is 6.42 Å². The summed E-state index contributed by atoms with van der Waals surface area (Å²) in [7, 11) is 0. The monoisotopic (exact) mass is 406 g/mol. The molecule has 0 aliphatic rings. The van der Waals surface area contributed by atoms with Gasteiger partial charge in [-0.05, 0) is 36.8 Å². The average Bonchev–Trinajstić information content (AvgIpc) is 3.16. The number of hydrogen-bond donors (Lipinski definition) is 0. The molecule has 2 heterocycles. The van der Waals surface area contributed by atoms with Crippen molar-refractivity contribution < 1.29 is 13.9 Å². The van der Waals surface area contributed by atoms with Gasteiger partial charge in [0.1, 0.15) is 5.76 Å². The molecule has 8 heteroatoms. The maximum absolute atomic E-state index is 13.0. The molecule has 0 bridgehead atoms. The van der Waals surface area contributed by atoms with E-state index < -0.39 is 0 Å². The highest BCUT2D eigenvalue weighted by molar-refractivity contribution is 7.99. The van der Waals surface area contributed by atoms with Crippen LogP contribution in [0.3, 0.4) is 0 Å². The zero-order valence-electron chi connectivity index (χ0n) is 14.8. The Morgan fingerprint density at radius 1 is 1.37 bits per heavy atom. The second-order valence-electron chi connectivity index (χ2n) is 5.85. The van der Waals surface area contributed by atoms with Crippen molar-refractivity contribution in [1.82, 2.24) is 9.55 Å². The summed E-state index contributed by atoms with van der Waals surface area (Å²) in [6, 6.07) is 8.57. The number of carbonyl (C=O) groups is 1. The average molecular weight is 407 g/mol. The standard InChI is InChI=1S/C19H19ClN2O4S/c1-2-8-26-17(23)7-10-27-19-21-16-11-13(20)5-6-15(16)18(24)22(19)12-14-4-3-9-25-14/h3-6,9,11H,2,7-8,10,12H2,1H3. The molecule has 3 rings (SSSR count). The fourth-order valence-corrected chi connectivity index (χ4v) is 3.58. The fraction of sp³-hybridized carbons (Fsp3) is 0.316. The molecule has 0 aliphatic heterocycles. The summed E-state index contributed by atoms with van der Waals surface area (Å²) in [5.41, 5.74) is 0.350. The molecule has 27 heavy (non-hydrogen) atoms. The minimum atomic E-state index is -0.256. The SMILES string of the molecule is CCCOC(=O)CCSc1nc2cc(Cl)ccc2c(=O)n1Cc1ccco1. The van der Waals surface area contributed by atoms with Gasteiger partial charge in [-0.2, -0.15) is 0 Å². The first-order valence-corrected chi connectivity index (χ1v) is 9.95. The van der Waals surface area contributed by atoms with Crippen LogP contribution in [0.1, 0.15) is 25.5 Å². The molecule has 0 aliphatic carbocycles. The molecule has 0 unspecified atom stereocenters. The van der Waals surface area contributed by atoms with Gasteiger partial charge in [-0.25, -0.2) is 4.98 Å². The Balaban J connectivity index is 1.88. The summed E-state index contributed by atoms with van der Waals surface area (Å²) < 4.78 is 12.0. The van der Waals surface area contributed by atoms with Gasteiger partial charge in [0, 0.05) is 10.8 Å². The molecule has 6 nitrogen and oxygen atoms in total. The Bertz CT molecular complexity index is 985. The molecule has 0 amide bonds. The van der Waals surface area contributed by atoms with Crippen molar-refractivity contribution in [2.45, 2.75) is 31.5 Å². The maximum Gasteiger partial charge on any atom is 0.306 e. The van der Waals surface area contributed by atoms with Crippen LogP contribution in [-0.2, 0) is 16.1 Å². The first-order valence-electron chi connectivity index (χ1n) is 8.59. The van der Waals surface area contributed by atoms with Crippen LogP contribution in [0.5, 0.6) is 0 Å². The van der Waals surface area contributed by atoms with Crippen LogP contribution in [0.25, 0.3) is 10.9 Å².